The van der Waals surface area contributed by atoms with Crippen molar-refractivity contribution in [3.05, 3.63) is 64.3 Å². The summed E-state index contributed by atoms with van der Waals surface area (Å²) < 4.78 is 14.2. The third-order valence-electron chi connectivity index (χ3n) is 2.84. The van der Waals surface area contributed by atoms with Crippen LogP contribution in [0.3, 0.4) is 0 Å². The SMILES string of the molecule is CC(O)CNC(=O)c1ccc(=O)n(-c2ccc(F)cc2)c1. The largest absolute Gasteiger partial charge is 0.392 e. The van der Waals surface area contributed by atoms with Gasteiger partial charge in [0.1, 0.15) is 5.82 Å². The Bertz CT molecular complexity index is 693. The summed E-state index contributed by atoms with van der Waals surface area (Å²) in [5, 5.41) is 11.7. The van der Waals surface area contributed by atoms with Crippen LogP contribution in [0.2, 0.25) is 0 Å². The van der Waals surface area contributed by atoms with E-state index in [-0.39, 0.29) is 17.7 Å². The molecule has 0 aliphatic heterocycles. The van der Waals surface area contributed by atoms with Crippen molar-refractivity contribution in [2.24, 2.45) is 0 Å². The van der Waals surface area contributed by atoms with E-state index in [1.807, 2.05) is 0 Å². The second kappa shape index (κ2) is 6.32. The van der Waals surface area contributed by atoms with Gasteiger partial charge in [-0.2, -0.15) is 0 Å². The lowest BCUT2D eigenvalue weighted by Gasteiger charge is -2.10. The molecule has 0 saturated heterocycles. The highest BCUT2D eigenvalue weighted by molar-refractivity contribution is 5.93. The van der Waals surface area contributed by atoms with Gasteiger partial charge in [0.05, 0.1) is 11.7 Å². The predicted octanol–water partition coefficient (Wildman–Crippen LogP) is 1.09. The number of halogens is 1. The molecular weight excluding hydrogens is 275 g/mol. The number of pyridine rings is 1. The fraction of sp³-hybridized carbons (Fsp3) is 0.200. The topological polar surface area (TPSA) is 71.3 Å². The number of aromatic nitrogens is 1. The van der Waals surface area contributed by atoms with Gasteiger partial charge in [0.15, 0.2) is 0 Å². The van der Waals surface area contributed by atoms with Crippen LogP contribution in [-0.4, -0.2) is 28.2 Å². The number of amides is 1. The maximum atomic E-state index is 12.9. The van der Waals surface area contributed by atoms with Gasteiger partial charge in [-0.15, -0.1) is 0 Å². The number of carbonyl (C=O) groups is 1. The fourth-order valence-corrected chi connectivity index (χ4v) is 1.77. The van der Waals surface area contributed by atoms with Crippen molar-refractivity contribution in [3.63, 3.8) is 0 Å². The van der Waals surface area contributed by atoms with Crippen LogP contribution in [-0.2, 0) is 0 Å². The van der Waals surface area contributed by atoms with Crippen molar-refractivity contribution < 1.29 is 14.3 Å². The lowest BCUT2D eigenvalue weighted by atomic mass is 10.2. The Morgan fingerprint density at radius 3 is 2.57 bits per heavy atom. The Hall–Kier alpha value is -2.47. The van der Waals surface area contributed by atoms with Crippen LogP contribution in [0.4, 0.5) is 4.39 Å². The van der Waals surface area contributed by atoms with E-state index in [1.165, 1.54) is 47.2 Å². The molecule has 0 saturated carbocycles. The van der Waals surface area contributed by atoms with E-state index >= 15 is 0 Å². The van der Waals surface area contributed by atoms with Crippen molar-refractivity contribution >= 4 is 5.91 Å². The van der Waals surface area contributed by atoms with Crippen LogP contribution in [0.5, 0.6) is 0 Å². The third-order valence-corrected chi connectivity index (χ3v) is 2.84. The van der Waals surface area contributed by atoms with Gasteiger partial charge >= 0.3 is 0 Å². The van der Waals surface area contributed by atoms with Gasteiger partial charge in [0.25, 0.3) is 11.5 Å². The predicted molar refractivity (Wildman–Crippen MR) is 76.0 cm³/mol. The van der Waals surface area contributed by atoms with Crippen LogP contribution >= 0.6 is 0 Å². The van der Waals surface area contributed by atoms with Gasteiger partial charge < -0.3 is 10.4 Å². The highest BCUT2D eigenvalue weighted by atomic mass is 19.1. The quantitative estimate of drug-likeness (QED) is 0.885. The summed E-state index contributed by atoms with van der Waals surface area (Å²) in [6.07, 6.45) is 0.726. The lowest BCUT2D eigenvalue weighted by molar-refractivity contribution is 0.0923. The van der Waals surface area contributed by atoms with Crippen LogP contribution in [0, 0.1) is 5.82 Å². The van der Waals surface area contributed by atoms with Crippen LogP contribution in [0.25, 0.3) is 5.69 Å². The van der Waals surface area contributed by atoms with Gasteiger partial charge in [-0.1, -0.05) is 0 Å². The molecule has 0 radical (unpaired) electrons. The van der Waals surface area contributed by atoms with Crippen molar-refractivity contribution in [3.8, 4) is 5.69 Å². The maximum Gasteiger partial charge on any atom is 0.255 e. The first kappa shape index (κ1) is 14.9. The van der Waals surface area contributed by atoms with E-state index in [4.69, 9.17) is 5.11 Å². The minimum Gasteiger partial charge on any atom is -0.392 e. The van der Waals surface area contributed by atoms with Gasteiger partial charge in [-0.25, -0.2) is 4.39 Å². The number of nitrogens with zero attached hydrogens (tertiary/aromatic N) is 1. The molecule has 1 atom stereocenters. The molecule has 1 unspecified atom stereocenters. The summed E-state index contributed by atoms with van der Waals surface area (Å²) in [5.74, 6) is -0.801. The summed E-state index contributed by atoms with van der Waals surface area (Å²) in [5.41, 5.74) is 0.417. The molecule has 1 heterocycles. The molecule has 0 aliphatic rings. The average Bonchev–Trinajstić information content (AvgIpc) is 2.46. The molecule has 6 heteroatoms. The third kappa shape index (κ3) is 3.76. The molecule has 2 N–H and O–H groups in total. The molecule has 1 aromatic carbocycles. The standard InChI is InChI=1S/C15H15FN2O3/c1-10(19)8-17-15(21)11-2-7-14(20)18(9-11)13-5-3-12(16)4-6-13/h2-7,9-10,19H,8H2,1H3,(H,17,21). The molecule has 0 spiro atoms. The van der Waals surface area contributed by atoms with E-state index in [0.29, 0.717) is 5.69 Å². The Kier molecular flexibility index (Phi) is 4.49. The number of hydrogen-bond acceptors (Lipinski definition) is 3. The number of aliphatic hydroxyl groups is 1. The first-order chi connectivity index (χ1) is 9.97. The minimum absolute atomic E-state index is 0.120. The number of nitrogens with one attached hydrogen (secondary N) is 1. The van der Waals surface area contributed by atoms with Crippen LogP contribution in [0.15, 0.2) is 47.4 Å². The Morgan fingerprint density at radius 2 is 1.95 bits per heavy atom. The molecule has 0 fully saturated rings. The zero-order valence-corrected chi connectivity index (χ0v) is 11.4. The van der Waals surface area contributed by atoms with Crippen LogP contribution < -0.4 is 10.9 Å². The normalized spacial score (nSPS) is 12.0. The van der Waals surface area contributed by atoms with E-state index in [9.17, 15) is 14.0 Å². The lowest BCUT2D eigenvalue weighted by Crippen LogP contribution is -2.31. The smallest absolute Gasteiger partial charge is 0.255 e. The van der Waals surface area contributed by atoms with Crippen molar-refractivity contribution in [1.82, 2.24) is 9.88 Å². The number of rotatable bonds is 4. The van der Waals surface area contributed by atoms with Crippen molar-refractivity contribution in [2.45, 2.75) is 13.0 Å². The molecular formula is C15H15FN2O3. The zero-order chi connectivity index (χ0) is 15.4. The molecule has 0 aliphatic carbocycles. The van der Waals surface area contributed by atoms with E-state index in [0.717, 1.165) is 0 Å². The van der Waals surface area contributed by atoms with E-state index in [1.54, 1.807) is 6.92 Å². The Balaban J connectivity index is 2.31. The molecule has 0 bridgehead atoms. The zero-order valence-electron chi connectivity index (χ0n) is 11.4. The maximum absolute atomic E-state index is 12.9. The number of carbonyl (C=O) groups excluding carboxylic acids is 1. The highest BCUT2D eigenvalue weighted by Crippen LogP contribution is 2.08. The van der Waals surface area contributed by atoms with E-state index < -0.39 is 17.8 Å². The van der Waals surface area contributed by atoms with Crippen molar-refractivity contribution in [2.75, 3.05) is 6.54 Å². The van der Waals surface area contributed by atoms with Gasteiger partial charge in [0.2, 0.25) is 0 Å². The second-order valence-corrected chi connectivity index (χ2v) is 4.66. The number of hydrogen-bond donors (Lipinski definition) is 2. The summed E-state index contributed by atoms with van der Waals surface area (Å²) >= 11 is 0. The molecule has 21 heavy (non-hydrogen) atoms. The highest BCUT2D eigenvalue weighted by Gasteiger charge is 2.09. The number of benzene rings is 1. The van der Waals surface area contributed by atoms with Gasteiger partial charge in [-0.3, -0.25) is 14.2 Å². The first-order valence-electron chi connectivity index (χ1n) is 6.42. The summed E-state index contributed by atoms with van der Waals surface area (Å²) in [7, 11) is 0. The van der Waals surface area contributed by atoms with E-state index in [2.05, 4.69) is 5.32 Å². The summed E-state index contributed by atoms with van der Waals surface area (Å²) in [4.78, 5) is 23.7. The molecule has 1 amide bonds. The fourth-order valence-electron chi connectivity index (χ4n) is 1.77. The summed E-state index contributed by atoms with van der Waals surface area (Å²) in [6.45, 7) is 1.67. The van der Waals surface area contributed by atoms with Gasteiger partial charge in [0, 0.05) is 24.5 Å². The molecule has 2 rings (SSSR count). The molecule has 5 nitrogen and oxygen atoms in total. The van der Waals surface area contributed by atoms with Crippen molar-refractivity contribution in [1.29, 1.82) is 0 Å². The monoisotopic (exact) mass is 290 g/mol. The summed E-state index contributed by atoms with van der Waals surface area (Å²) in [6, 6.07) is 8.05. The molecule has 110 valence electrons. The van der Waals surface area contributed by atoms with Gasteiger partial charge in [-0.05, 0) is 37.3 Å². The molecule has 1 aromatic heterocycles. The second-order valence-electron chi connectivity index (χ2n) is 4.66. The Morgan fingerprint density at radius 1 is 1.29 bits per heavy atom. The van der Waals surface area contributed by atoms with Crippen LogP contribution in [0.1, 0.15) is 17.3 Å². The first-order valence-corrected chi connectivity index (χ1v) is 6.42. The average molecular weight is 290 g/mol. The Labute approximate surface area is 120 Å². The molecule has 2 aromatic rings. The number of aliphatic hydroxyl groups excluding tert-OH is 1. The minimum atomic E-state index is -0.656.